The number of phenols is 1. The minimum absolute atomic E-state index is 0.0790. The molecule has 0 bridgehead atoms. The molecule has 13 heavy (non-hydrogen) atoms. The predicted octanol–water partition coefficient (Wildman–Crippen LogP) is 1.04. The van der Waals surface area contributed by atoms with Crippen molar-refractivity contribution < 1.29 is 15.0 Å². The highest BCUT2D eigenvalue weighted by molar-refractivity contribution is 6.34. The van der Waals surface area contributed by atoms with E-state index >= 15 is 0 Å². The molecule has 0 aromatic heterocycles. The lowest BCUT2D eigenvalue weighted by Gasteiger charge is -1.99. The van der Waals surface area contributed by atoms with E-state index in [-0.39, 0.29) is 17.9 Å². The molecule has 4 nitrogen and oxygen atoms in total. The normalized spacial score (nSPS) is 9.54. The summed E-state index contributed by atoms with van der Waals surface area (Å²) in [7, 11) is 0. The van der Waals surface area contributed by atoms with Crippen molar-refractivity contribution in [2.24, 2.45) is 0 Å². The lowest BCUT2D eigenvalue weighted by Crippen LogP contribution is -2.13. The zero-order valence-electron chi connectivity index (χ0n) is 6.82. The van der Waals surface area contributed by atoms with Crippen LogP contribution in [0.2, 0.25) is 0 Å². The number of carboxylic acids is 1. The molecule has 1 aromatic carbocycles. The van der Waals surface area contributed by atoms with Crippen molar-refractivity contribution in [2.75, 3.05) is 0 Å². The van der Waals surface area contributed by atoms with Gasteiger partial charge in [-0.15, -0.1) is 0 Å². The Bertz CT molecular complexity index is 329. The maximum absolute atomic E-state index is 10.3. The molecule has 0 saturated carbocycles. The molecular weight excluding hydrogens is 170 g/mol. The molecule has 3 N–H and O–H groups in total. The van der Waals surface area contributed by atoms with Gasteiger partial charge in [0.15, 0.2) is 0 Å². The molecule has 0 heterocycles. The van der Waals surface area contributed by atoms with Crippen molar-refractivity contribution in [3.05, 3.63) is 29.8 Å². The predicted molar refractivity (Wildman–Crippen MR) is 47.2 cm³/mol. The Labute approximate surface area is 75.0 Å². The first-order valence-corrected chi connectivity index (χ1v) is 3.68. The van der Waals surface area contributed by atoms with Crippen LogP contribution >= 0.6 is 0 Å². The van der Waals surface area contributed by atoms with Gasteiger partial charge < -0.3 is 10.2 Å². The zero-order chi connectivity index (χ0) is 9.84. The molecule has 1 aromatic rings. The first-order chi connectivity index (χ1) is 6.09. The van der Waals surface area contributed by atoms with Crippen LogP contribution in [0.4, 0.5) is 0 Å². The first kappa shape index (κ1) is 9.25. The van der Waals surface area contributed by atoms with E-state index in [1.807, 2.05) is 0 Å². The molecule has 0 aliphatic heterocycles. The highest BCUT2D eigenvalue weighted by atomic mass is 16.4. The number of aliphatic carboxylic acids is 1. The minimum Gasteiger partial charge on any atom is -0.508 e. The van der Waals surface area contributed by atoms with Gasteiger partial charge in [-0.1, -0.05) is 12.1 Å². The van der Waals surface area contributed by atoms with Crippen LogP contribution < -0.4 is 0 Å². The monoisotopic (exact) mass is 179 g/mol. The highest BCUT2D eigenvalue weighted by Gasteiger charge is 2.06. The number of aromatic hydroxyl groups is 1. The van der Waals surface area contributed by atoms with Crippen molar-refractivity contribution in [1.82, 2.24) is 0 Å². The summed E-state index contributed by atoms with van der Waals surface area (Å²) in [5.41, 5.74) is 0.343. The summed E-state index contributed by atoms with van der Waals surface area (Å²) >= 11 is 0. The van der Waals surface area contributed by atoms with Crippen LogP contribution in [-0.2, 0) is 11.2 Å². The van der Waals surface area contributed by atoms with Gasteiger partial charge in [-0.3, -0.25) is 5.41 Å². The summed E-state index contributed by atoms with van der Waals surface area (Å²) in [5.74, 6) is -1.08. The molecule has 0 amide bonds. The summed E-state index contributed by atoms with van der Waals surface area (Å²) in [6.07, 6.45) is 0.0790. The van der Waals surface area contributed by atoms with Gasteiger partial charge in [0.25, 0.3) is 0 Å². The van der Waals surface area contributed by atoms with Crippen molar-refractivity contribution >= 4 is 11.7 Å². The molecule has 1 rings (SSSR count). The molecule has 0 aliphatic carbocycles. The fraction of sp³-hybridized carbons (Fsp3) is 0.111. The summed E-state index contributed by atoms with van der Waals surface area (Å²) in [5, 5.41) is 24.4. The molecule has 0 fully saturated rings. The highest BCUT2D eigenvalue weighted by Crippen LogP contribution is 2.10. The Balaban J connectivity index is 2.70. The Kier molecular flexibility index (Phi) is 2.64. The second-order valence-corrected chi connectivity index (χ2v) is 2.63. The van der Waals surface area contributed by atoms with E-state index in [0.717, 1.165) is 0 Å². The van der Waals surface area contributed by atoms with E-state index in [2.05, 4.69) is 0 Å². The minimum atomic E-state index is -1.21. The lowest BCUT2D eigenvalue weighted by molar-refractivity contribution is -0.129. The van der Waals surface area contributed by atoms with Crippen LogP contribution in [0.1, 0.15) is 5.56 Å². The van der Waals surface area contributed by atoms with Crippen LogP contribution in [-0.4, -0.2) is 21.9 Å². The molecule has 0 spiro atoms. The topological polar surface area (TPSA) is 81.4 Å². The average molecular weight is 179 g/mol. The molecule has 0 radical (unpaired) electrons. The molecule has 4 heteroatoms. The van der Waals surface area contributed by atoms with Gasteiger partial charge in [-0.05, 0) is 17.7 Å². The molecule has 0 saturated heterocycles. The van der Waals surface area contributed by atoms with E-state index in [1.165, 1.54) is 12.1 Å². The van der Waals surface area contributed by atoms with Gasteiger partial charge in [0.05, 0.1) is 0 Å². The molecule has 0 unspecified atom stereocenters. The molecule has 68 valence electrons. The van der Waals surface area contributed by atoms with E-state index in [0.29, 0.717) is 5.56 Å². The smallest absolute Gasteiger partial charge is 0.349 e. The summed E-state index contributed by atoms with van der Waals surface area (Å²) in [6.45, 7) is 0. The Morgan fingerprint density at radius 3 is 2.31 bits per heavy atom. The Morgan fingerprint density at radius 2 is 1.85 bits per heavy atom. The standard InChI is InChI=1S/C9H9NO3/c10-8(9(12)13)5-6-1-3-7(11)4-2-6/h1-4,10-11H,5H2,(H,12,13). The molecule has 0 atom stereocenters. The zero-order valence-corrected chi connectivity index (χ0v) is 6.82. The SMILES string of the molecule is N=C(Cc1ccc(O)cc1)C(=O)O. The number of hydrogen-bond donors (Lipinski definition) is 3. The maximum atomic E-state index is 10.3. The fourth-order valence-corrected chi connectivity index (χ4v) is 0.894. The van der Waals surface area contributed by atoms with E-state index < -0.39 is 5.97 Å². The number of nitrogens with one attached hydrogen (secondary N) is 1. The Hall–Kier alpha value is -1.84. The summed E-state index contributed by atoms with van der Waals surface area (Å²) in [6, 6.07) is 6.11. The summed E-state index contributed by atoms with van der Waals surface area (Å²) < 4.78 is 0. The second kappa shape index (κ2) is 3.71. The van der Waals surface area contributed by atoms with E-state index in [9.17, 15) is 4.79 Å². The van der Waals surface area contributed by atoms with Gasteiger partial charge in [0, 0.05) is 6.42 Å². The lowest BCUT2D eigenvalue weighted by atomic mass is 10.1. The number of hydrogen-bond acceptors (Lipinski definition) is 3. The number of carboxylic acid groups (broad SMARTS) is 1. The first-order valence-electron chi connectivity index (χ1n) is 3.68. The largest absolute Gasteiger partial charge is 0.508 e. The van der Waals surface area contributed by atoms with Gasteiger partial charge >= 0.3 is 5.97 Å². The van der Waals surface area contributed by atoms with Gasteiger partial charge in [-0.25, -0.2) is 4.79 Å². The van der Waals surface area contributed by atoms with E-state index in [1.54, 1.807) is 12.1 Å². The third-order valence-electron chi connectivity index (χ3n) is 1.58. The number of rotatable bonds is 3. The van der Waals surface area contributed by atoms with Gasteiger partial charge in [0.1, 0.15) is 11.5 Å². The third kappa shape index (κ3) is 2.59. The van der Waals surface area contributed by atoms with Crippen LogP contribution in [0.25, 0.3) is 0 Å². The number of carbonyl (C=O) groups is 1. The van der Waals surface area contributed by atoms with E-state index in [4.69, 9.17) is 15.6 Å². The van der Waals surface area contributed by atoms with Crippen LogP contribution in [0.15, 0.2) is 24.3 Å². The summed E-state index contributed by atoms with van der Waals surface area (Å²) in [4.78, 5) is 10.3. The third-order valence-corrected chi connectivity index (χ3v) is 1.58. The Morgan fingerprint density at radius 1 is 1.31 bits per heavy atom. The quantitative estimate of drug-likeness (QED) is 0.606. The number of phenolic OH excluding ortho intramolecular Hbond substituents is 1. The molecular formula is C9H9NO3. The maximum Gasteiger partial charge on any atom is 0.349 e. The van der Waals surface area contributed by atoms with Crippen LogP contribution in [0.5, 0.6) is 5.75 Å². The van der Waals surface area contributed by atoms with Gasteiger partial charge in [-0.2, -0.15) is 0 Å². The average Bonchev–Trinajstić information content (AvgIpc) is 2.08. The fourth-order valence-electron chi connectivity index (χ4n) is 0.894. The van der Waals surface area contributed by atoms with Crippen molar-refractivity contribution in [2.45, 2.75) is 6.42 Å². The molecule has 0 aliphatic rings. The van der Waals surface area contributed by atoms with Crippen LogP contribution in [0, 0.1) is 5.41 Å². The van der Waals surface area contributed by atoms with Crippen molar-refractivity contribution in [3.63, 3.8) is 0 Å². The second-order valence-electron chi connectivity index (χ2n) is 2.63. The van der Waals surface area contributed by atoms with Crippen LogP contribution in [0.3, 0.4) is 0 Å². The van der Waals surface area contributed by atoms with Crippen molar-refractivity contribution in [3.8, 4) is 5.75 Å². The van der Waals surface area contributed by atoms with Crippen molar-refractivity contribution in [1.29, 1.82) is 5.41 Å². The number of benzene rings is 1. The van der Waals surface area contributed by atoms with Gasteiger partial charge in [0.2, 0.25) is 0 Å².